The Labute approximate surface area is 149 Å². The number of rotatable bonds is 4. The summed E-state index contributed by atoms with van der Waals surface area (Å²) in [5.41, 5.74) is 1.82. The van der Waals surface area contributed by atoms with E-state index in [9.17, 15) is 0 Å². The summed E-state index contributed by atoms with van der Waals surface area (Å²) in [7, 11) is 0. The Morgan fingerprint density at radius 2 is 2.24 bits per heavy atom. The summed E-state index contributed by atoms with van der Waals surface area (Å²) in [5, 5.41) is 14.6. The van der Waals surface area contributed by atoms with Crippen LogP contribution in [-0.4, -0.2) is 31.9 Å². The van der Waals surface area contributed by atoms with E-state index in [1.807, 2.05) is 26.0 Å². The lowest BCUT2D eigenvalue weighted by molar-refractivity contribution is 0.357. The second-order valence-corrected chi connectivity index (χ2v) is 6.56. The number of hydrogen-bond donors (Lipinski definition) is 2. The van der Waals surface area contributed by atoms with E-state index < -0.39 is 0 Å². The van der Waals surface area contributed by atoms with Gasteiger partial charge >= 0.3 is 0 Å². The summed E-state index contributed by atoms with van der Waals surface area (Å²) >= 11 is 6.24. The minimum absolute atomic E-state index is 0.0860. The quantitative estimate of drug-likeness (QED) is 0.735. The summed E-state index contributed by atoms with van der Waals surface area (Å²) in [6, 6.07) is 3.93. The SMILES string of the molecule is Cc1cc(C2CCCN2c2ncc(Cl)c(Nc3cc(C)[nH]n3)n2)on1. The van der Waals surface area contributed by atoms with Crippen LogP contribution >= 0.6 is 11.6 Å². The molecule has 0 saturated carbocycles. The van der Waals surface area contributed by atoms with Crippen molar-refractivity contribution in [2.75, 3.05) is 16.8 Å². The number of nitrogens with zero attached hydrogens (tertiary/aromatic N) is 5. The first-order chi connectivity index (χ1) is 12.1. The predicted molar refractivity (Wildman–Crippen MR) is 94.2 cm³/mol. The molecular formula is C16H18ClN7O. The first kappa shape index (κ1) is 15.9. The standard InChI is InChI=1S/C16H18ClN7O/c1-9-7-14(22-21-9)19-15-11(17)8-18-16(20-15)24-5-3-4-12(24)13-6-10(2)23-25-13/h6-8,12H,3-5H2,1-2H3,(H2,18,19,20,21,22). The van der Waals surface area contributed by atoms with Crippen molar-refractivity contribution in [3.63, 3.8) is 0 Å². The van der Waals surface area contributed by atoms with Gasteiger partial charge in [0.1, 0.15) is 5.02 Å². The van der Waals surface area contributed by atoms with Crippen molar-refractivity contribution in [2.24, 2.45) is 0 Å². The van der Waals surface area contributed by atoms with Gasteiger partial charge in [-0.15, -0.1) is 0 Å². The van der Waals surface area contributed by atoms with Crippen molar-refractivity contribution in [3.8, 4) is 0 Å². The Morgan fingerprint density at radius 3 is 2.96 bits per heavy atom. The van der Waals surface area contributed by atoms with E-state index in [2.05, 4.69) is 35.5 Å². The zero-order valence-electron chi connectivity index (χ0n) is 14.0. The molecule has 0 radical (unpaired) electrons. The number of aryl methyl sites for hydroxylation is 2. The molecule has 25 heavy (non-hydrogen) atoms. The fourth-order valence-electron chi connectivity index (χ4n) is 3.03. The van der Waals surface area contributed by atoms with Crippen LogP contribution in [0.1, 0.15) is 36.0 Å². The van der Waals surface area contributed by atoms with Crippen LogP contribution in [0.15, 0.2) is 22.9 Å². The molecule has 1 saturated heterocycles. The van der Waals surface area contributed by atoms with Gasteiger partial charge in [0, 0.05) is 24.4 Å². The van der Waals surface area contributed by atoms with E-state index in [0.29, 0.717) is 22.6 Å². The maximum absolute atomic E-state index is 6.24. The van der Waals surface area contributed by atoms with Crippen LogP contribution in [0.3, 0.4) is 0 Å². The largest absolute Gasteiger partial charge is 0.359 e. The fraction of sp³-hybridized carbons (Fsp3) is 0.375. The minimum atomic E-state index is 0.0860. The molecule has 130 valence electrons. The van der Waals surface area contributed by atoms with Gasteiger partial charge in [0.05, 0.1) is 17.9 Å². The molecule has 1 aliphatic rings. The van der Waals surface area contributed by atoms with E-state index >= 15 is 0 Å². The topological polar surface area (TPSA) is 95.8 Å². The maximum atomic E-state index is 6.24. The third-order valence-electron chi connectivity index (χ3n) is 4.17. The molecule has 0 amide bonds. The van der Waals surface area contributed by atoms with Gasteiger partial charge in [-0.2, -0.15) is 10.1 Å². The van der Waals surface area contributed by atoms with Gasteiger partial charge in [-0.25, -0.2) is 4.98 Å². The molecule has 0 spiro atoms. The van der Waals surface area contributed by atoms with Crippen LogP contribution in [-0.2, 0) is 0 Å². The van der Waals surface area contributed by atoms with Gasteiger partial charge in [-0.1, -0.05) is 16.8 Å². The maximum Gasteiger partial charge on any atom is 0.228 e. The highest BCUT2D eigenvalue weighted by molar-refractivity contribution is 6.32. The van der Waals surface area contributed by atoms with E-state index in [4.69, 9.17) is 16.1 Å². The molecule has 3 aromatic heterocycles. The van der Waals surface area contributed by atoms with Crippen molar-refractivity contribution in [2.45, 2.75) is 32.7 Å². The number of aromatic nitrogens is 5. The van der Waals surface area contributed by atoms with Crippen LogP contribution < -0.4 is 10.2 Å². The highest BCUT2D eigenvalue weighted by Crippen LogP contribution is 2.36. The summed E-state index contributed by atoms with van der Waals surface area (Å²) in [6.07, 6.45) is 3.62. The second-order valence-electron chi connectivity index (χ2n) is 6.15. The van der Waals surface area contributed by atoms with Crippen LogP contribution in [0.2, 0.25) is 5.02 Å². The Balaban J connectivity index is 1.62. The second kappa shape index (κ2) is 6.36. The molecule has 3 aromatic rings. The van der Waals surface area contributed by atoms with Crippen molar-refractivity contribution in [3.05, 3.63) is 40.5 Å². The Bertz CT molecular complexity index is 890. The van der Waals surface area contributed by atoms with Gasteiger partial charge < -0.3 is 14.7 Å². The molecule has 1 unspecified atom stereocenters. The first-order valence-electron chi connectivity index (χ1n) is 8.11. The average Bonchev–Trinajstić information content (AvgIpc) is 3.30. The van der Waals surface area contributed by atoms with E-state index in [1.165, 1.54) is 0 Å². The smallest absolute Gasteiger partial charge is 0.228 e. The first-order valence-corrected chi connectivity index (χ1v) is 8.49. The van der Waals surface area contributed by atoms with Gasteiger partial charge in [0.15, 0.2) is 17.4 Å². The van der Waals surface area contributed by atoms with Crippen molar-refractivity contribution >= 4 is 29.2 Å². The summed E-state index contributed by atoms with van der Waals surface area (Å²) in [6.45, 7) is 4.70. The normalized spacial score (nSPS) is 17.2. The highest BCUT2D eigenvalue weighted by Gasteiger charge is 2.31. The number of aromatic amines is 1. The molecule has 0 aliphatic carbocycles. The van der Waals surface area contributed by atoms with Gasteiger partial charge in [0.25, 0.3) is 0 Å². The van der Waals surface area contributed by atoms with Gasteiger partial charge in [-0.3, -0.25) is 5.10 Å². The zero-order valence-corrected chi connectivity index (χ0v) is 14.7. The number of hydrogen-bond acceptors (Lipinski definition) is 7. The molecule has 1 fully saturated rings. The molecule has 4 rings (SSSR count). The fourth-order valence-corrected chi connectivity index (χ4v) is 3.17. The molecule has 1 atom stereocenters. The van der Waals surface area contributed by atoms with Crippen LogP contribution in [0, 0.1) is 13.8 Å². The minimum Gasteiger partial charge on any atom is -0.359 e. The molecule has 9 heteroatoms. The molecule has 2 N–H and O–H groups in total. The molecule has 0 aromatic carbocycles. The van der Waals surface area contributed by atoms with E-state index in [1.54, 1.807) is 6.20 Å². The Hall–Kier alpha value is -2.61. The van der Waals surface area contributed by atoms with Crippen LogP contribution in [0.5, 0.6) is 0 Å². The average molecular weight is 360 g/mol. The summed E-state index contributed by atoms with van der Waals surface area (Å²) in [4.78, 5) is 11.1. The molecule has 4 heterocycles. The van der Waals surface area contributed by atoms with Crippen LogP contribution in [0.4, 0.5) is 17.6 Å². The number of anilines is 3. The molecule has 0 bridgehead atoms. The Kier molecular flexibility index (Phi) is 4.04. The van der Waals surface area contributed by atoms with Crippen molar-refractivity contribution in [1.82, 2.24) is 25.3 Å². The lowest BCUT2D eigenvalue weighted by Crippen LogP contribution is -2.24. The lowest BCUT2D eigenvalue weighted by Gasteiger charge is -2.23. The zero-order chi connectivity index (χ0) is 17.4. The monoisotopic (exact) mass is 359 g/mol. The van der Waals surface area contributed by atoms with Crippen molar-refractivity contribution < 1.29 is 4.52 Å². The predicted octanol–water partition coefficient (Wildman–Crippen LogP) is 3.54. The summed E-state index contributed by atoms with van der Waals surface area (Å²) in [5.74, 6) is 2.63. The highest BCUT2D eigenvalue weighted by atomic mass is 35.5. The Morgan fingerprint density at radius 1 is 1.36 bits per heavy atom. The van der Waals surface area contributed by atoms with Crippen molar-refractivity contribution in [1.29, 1.82) is 0 Å². The van der Waals surface area contributed by atoms with Gasteiger partial charge in [-0.05, 0) is 26.7 Å². The number of H-pyrrole nitrogens is 1. The van der Waals surface area contributed by atoms with E-state index in [0.717, 1.165) is 36.5 Å². The van der Waals surface area contributed by atoms with Crippen LogP contribution in [0.25, 0.3) is 0 Å². The third-order valence-corrected chi connectivity index (χ3v) is 4.44. The number of nitrogens with one attached hydrogen (secondary N) is 2. The molecule has 8 nitrogen and oxygen atoms in total. The lowest BCUT2D eigenvalue weighted by atomic mass is 10.1. The molecule has 1 aliphatic heterocycles. The van der Waals surface area contributed by atoms with Gasteiger partial charge in [0.2, 0.25) is 5.95 Å². The summed E-state index contributed by atoms with van der Waals surface area (Å²) < 4.78 is 5.45. The molecular weight excluding hydrogens is 342 g/mol. The number of halogens is 1. The van der Waals surface area contributed by atoms with E-state index in [-0.39, 0.29) is 6.04 Å². The third kappa shape index (κ3) is 3.17.